The first-order valence-corrected chi connectivity index (χ1v) is 8.96. The van der Waals surface area contributed by atoms with Gasteiger partial charge in [-0.2, -0.15) is 0 Å². The first kappa shape index (κ1) is 18.0. The lowest BCUT2D eigenvalue weighted by atomic mass is 10.0. The van der Waals surface area contributed by atoms with Gasteiger partial charge in [-0.25, -0.2) is 13.1 Å². The van der Waals surface area contributed by atoms with Gasteiger partial charge in [0.05, 0.1) is 4.90 Å². The Morgan fingerprint density at radius 3 is 2.33 bits per heavy atom. The average molecular weight is 348 g/mol. The number of sulfonamides is 1. The van der Waals surface area contributed by atoms with E-state index in [1.165, 1.54) is 12.1 Å². The van der Waals surface area contributed by atoms with E-state index in [1.54, 1.807) is 12.1 Å². The van der Waals surface area contributed by atoms with E-state index >= 15 is 0 Å². The smallest absolute Gasteiger partial charge is 0.303 e. The second kappa shape index (κ2) is 7.46. The van der Waals surface area contributed by atoms with Crippen molar-refractivity contribution in [3.05, 3.63) is 48.0 Å². The van der Waals surface area contributed by atoms with Crippen LogP contribution < -0.4 is 10.5 Å². The third kappa shape index (κ3) is 4.56. The number of nitrogens with one attached hydrogen (secondary N) is 1. The van der Waals surface area contributed by atoms with E-state index in [2.05, 4.69) is 4.72 Å². The lowest BCUT2D eigenvalue weighted by molar-refractivity contribution is -0.137. The average Bonchev–Trinajstić information content (AvgIpc) is 2.54. The number of carboxylic acid groups (broad SMARTS) is 1. The number of nitrogens with two attached hydrogens (primary N) is 1. The summed E-state index contributed by atoms with van der Waals surface area (Å²) < 4.78 is 26.7. The van der Waals surface area contributed by atoms with Gasteiger partial charge >= 0.3 is 5.97 Å². The summed E-state index contributed by atoms with van der Waals surface area (Å²) in [4.78, 5) is 10.6. The Balaban J connectivity index is 2.10. The zero-order valence-electron chi connectivity index (χ0n) is 13.3. The van der Waals surface area contributed by atoms with Gasteiger partial charge in [0, 0.05) is 18.7 Å². The SMILES string of the molecule is Cc1ccc(-c2ccc(S(=O)(=O)NCCCC(=O)O)cc2)cc1N. The minimum absolute atomic E-state index is 0.0731. The number of aryl methyl sites for hydroxylation is 1. The second-order valence-corrected chi connectivity index (χ2v) is 7.26. The molecule has 0 bridgehead atoms. The summed E-state index contributed by atoms with van der Waals surface area (Å²) in [7, 11) is -3.64. The Morgan fingerprint density at radius 2 is 1.75 bits per heavy atom. The number of benzene rings is 2. The topological polar surface area (TPSA) is 109 Å². The van der Waals surface area contributed by atoms with Gasteiger partial charge in [0.25, 0.3) is 0 Å². The van der Waals surface area contributed by atoms with Gasteiger partial charge in [-0.05, 0) is 48.2 Å². The molecule has 4 N–H and O–H groups in total. The zero-order chi connectivity index (χ0) is 17.7. The highest BCUT2D eigenvalue weighted by molar-refractivity contribution is 7.89. The largest absolute Gasteiger partial charge is 0.481 e. The normalized spacial score (nSPS) is 11.4. The first-order chi connectivity index (χ1) is 11.3. The van der Waals surface area contributed by atoms with Crippen molar-refractivity contribution in [2.24, 2.45) is 0 Å². The van der Waals surface area contributed by atoms with Crippen LogP contribution >= 0.6 is 0 Å². The molecule has 0 spiro atoms. The Hall–Kier alpha value is -2.38. The summed E-state index contributed by atoms with van der Waals surface area (Å²) in [6.45, 7) is 2.01. The predicted molar refractivity (Wildman–Crippen MR) is 93.1 cm³/mol. The molecule has 2 aromatic rings. The summed E-state index contributed by atoms with van der Waals surface area (Å²) in [5, 5.41) is 8.55. The monoisotopic (exact) mass is 348 g/mol. The maximum Gasteiger partial charge on any atom is 0.303 e. The number of aliphatic carboxylic acids is 1. The molecule has 0 aliphatic carbocycles. The van der Waals surface area contributed by atoms with Crippen molar-refractivity contribution in [2.45, 2.75) is 24.7 Å². The number of rotatable bonds is 7. The van der Waals surface area contributed by atoms with Gasteiger partial charge in [0.2, 0.25) is 10.0 Å². The molecule has 0 heterocycles. The molecule has 0 atom stereocenters. The molecule has 0 aliphatic heterocycles. The summed E-state index contributed by atoms with van der Waals surface area (Å²) >= 11 is 0. The van der Waals surface area contributed by atoms with Crippen molar-refractivity contribution in [3.63, 3.8) is 0 Å². The highest BCUT2D eigenvalue weighted by atomic mass is 32.2. The first-order valence-electron chi connectivity index (χ1n) is 7.47. The Morgan fingerprint density at radius 1 is 1.12 bits per heavy atom. The Labute approximate surface area is 141 Å². The molecule has 0 saturated heterocycles. The van der Waals surface area contributed by atoms with Crippen LogP contribution in [-0.4, -0.2) is 26.0 Å². The molecule has 2 rings (SSSR count). The van der Waals surface area contributed by atoms with Crippen molar-refractivity contribution < 1.29 is 18.3 Å². The van der Waals surface area contributed by atoms with E-state index in [0.29, 0.717) is 5.69 Å². The van der Waals surface area contributed by atoms with Crippen LogP contribution in [-0.2, 0) is 14.8 Å². The van der Waals surface area contributed by atoms with E-state index in [-0.39, 0.29) is 24.3 Å². The van der Waals surface area contributed by atoms with Crippen LogP contribution in [0.1, 0.15) is 18.4 Å². The van der Waals surface area contributed by atoms with Gasteiger partial charge in [0.15, 0.2) is 0 Å². The Kier molecular flexibility index (Phi) is 5.58. The van der Waals surface area contributed by atoms with Gasteiger partial charge in [-0.3, -0.25) is 4.79 Å². The summed E-state index contributed by atoms with van der Waals surface area (Å²) in [5.74, 6) is -0.948. The fourth-order valence-electron chi connectivity index (χ4n) is 2.18. The summed E-state index contributed by atoms with van der Waals surface area (Å²) in [6.07, 6.45) is 0.172. The van der Waals surface area contributed by atoms with Gasteiger partial charge in [0.1, 0.15) is 0 Å². The summed E-state index contributed by atoms with van der Waals surface area (Å²) in [6, 6.07) is 12.2. The van der Waals surface area contributed by atoms with Gasteiger partial charge < -0.3 is 10.8 Å². The van der Waals surface area contributed by atoms with Crippen LogP contribution in [0.5, 0.6) is 0 Å². The molecular formula is C17H20N2O4S. The predicted octanol–water partition coefficient (Wildman–Crippen LogP) is 2.39. The lowest BCUT2D eigenvalue weighted by Gasteiger charge is -2.08. The molecule has 24 heavy (non-hydrogen) atoms. The maximum absolute atomic E-state index is 12.1. The number of carbonyl (C=O) groups is 1. The molecule has 0 aromatic heterocycles. The minimum Gasteiger partial charge on any atom is -0.481 e. The van der Waals surface area contributed by atoms with Crippen LogP contribution in [0.25, 0.3) is 11.1 Å². The molecule has 0 aliphatic rings. The quantitative estimate of drug-likeness (QED) is 0.526. The van der Waals surface area contributed by atoms with Crippen LogP contribution in [0, 0.1) is 6.92 Å². The molecule has 0 radical (unpaired) electrons. The third-order valence-electron chi connectivity index (χ3n) is 3.64. The van der Waals surface area contributed by atoms with Gasteiger partial charge in [-0.1, -0.05) is 24.3 Å². The fraction of sp³-hybridized carbons (Fsp3) is 0.235. The van der Waals surface area contributed by atoms with E-state index in [1.807, 2.05) is 25.1 Å². The zero-order valence-corrected chi connectivity index (χ0v) is 14.1. The number of anilines is 1. The molecule has 0 unspecified atom stereocenters. The molecular weight excluding hydrogens is 328 g/mol. The molecule has 7 heteroatoms. The minimum atomic E-state index is -3.64. The third-order valence-corrected chi connectivity index (χ3v) is 5.11. The molecule has 0 saturated carbocycles. The van der Waals surface area contributed by atoms with Crippen molar-refractivity contribution >= 4 is 21.7 Å². The van der Waals surface area contributed by atoms with Crippen LogP contribution in [0.15, 0.2) is 47.4 Å². The Bertz CT molecular complexity index is 830. The molecule has 2 aromatic carbocycles. The molecule has 128 valence electrons. The van der Waals surface area contributed by atoms with E-state index in [4.69, 9.17) is 10.8 Å². The summed E-state index contributed by atoms with van der Waals surface area (Å²) in [5.41, 5.74) is 9.35. The lowest BCUT2D eigenvalue weighted by Crippen LogP contribution is -2.25. The number of hydrogen-bond acceptors (Lipinski definition) is 4. The van der Waals surface area contributed by atoms with Crippen LogP contribution in [0.2, 0.25) is 0 Å². The number of nitrogen functional groups attached to an aromatic ring is 1. The maximum atomic E-state index is 12.1. The number of hydrogen-bond donors (Lipinski definition) is 3. The van der Waals surface area contributed by atoms with Crippen molar-refractivity contribution in [1.82, 2.24) is 4.72 Å². The standard InChI is InChI=1S/C17H20N2O4S/c1-12-4-5-14(11-16(12)18)13-6-8-15(9-7-13)24(22,23)19-10-2-3-17(20)21/h4-9,11,19H,2-3,10,18H2,1H3,(H,20,21). The van der Waals surface area contributed by atoms with Crippen LogP contribution in [0.3, 0.4) is 0 Å². The highest BCUT2D eigenvalue weighted by Crippen LogP contribution is 2.24. The second-order valence-electron chi connectivity index (χ2n) is 5.49. The van der Waals surface area contributed by atoms with Crippen molar-refractivity contribution in [1.29, 1.82) is 0 Å². The molecule has 0 amide bonds. The van der Waals surface area contributed by atoms with E-state index in [0.717, 1.165) is 16.7 Å². The fourth-order valence-corrected chi connectivity index (χ4v) is 3.25. The van der Waals surface area contributed by atoms with Crippen molar-refractivity contribution in [3.8, 4) is 11.1 Å². The highest BCUT2D eigenvalue weighted by Gasteiger charge is 2.13. The van der Waals surface area contributed by atoms with Crippen molar-refractivity contribution in [2.75, 3.05) is 12.3 Å². The number of carboxylic acids is 1. The van der Waals surface area contributed by atoms with Crippen LogP contribution in [0.4, 0.5) is 5.69 Å². The van der Waals surface area contributed by atoms with Gasteiger partial charge in [-0.15, -0.1) is 0 Å². The molecule has 6 nitrogen and oxygen atoms in total. The van der Waals surface area contributed by atoms with E-state index < -0.39 is 16.0 Å². The van der Waals surface area contributed by atoms with E-state index in [9.17, 15) is 13.2 Å². The molecule has 0 fully saturated rings.